The van der Waals surface area contributed by atoms with Crippen LogP contribution < -0.4 is 0 Å². The average Bonchev–Trinajstić information content (AvgIpc) is 3.46. The number of carbonyl (C=O) groups is 3. The van der Waals surface area contributed by atoms with Gasteiger partial charge in [0.15, 0.2) is 18.0 Å². The number of aliphatic hydroxyl groups is 2. The van der Waals surface area contributed by atoms with Gasteiger partial charge in [-0.3, -0.25) is 4.79 Å². The van der Waals surface area contributed by atoms with Gasteiger partial charge in [-0.15, -0.1) is 0 Å². The first kappa shape index (κ1) is 27.3. The Kier molecular flexibility index (Phi) is 9.22. The van der Waals surface area contributed by atoms with Gasteiger partial charge in [0.05, 0.1) is 0 Å². The standard InChI is InChI=1S/C22H22ClNO2.C4H6O6/c1-15-3-2-11-24(15)12-10-20-14-18-13-17(6-9-21(18)26-20)22(25)16-4-7-19(23)8-5-16;5-1(3(7)8)2(6)4(9)10/h4-9,13-15H,2-3,10-12H2,1H3;1-2,5-6H,(H,7,8)(H,9,10)/t15-;1-,2-/m11/s1. The van der Waals surface area contributed by atoms with Gasteiger partial charge in [-0.1, -0.05) is 11.6 Å². The first-order chi connectivity index (χ1) is 17.1. The van der Waals surface area contributed by atoms with E-state index < -0.39 is 24.1 Å². The molecule has 10 heteroatoms. The monoisotopic (exact) mass is 517 g/mol. The maximum atomic E-state index is 12.7. The highest BCUT2D eigenvalue weighted by atomic mass is 35.5. The van der Waals surface area contributed by atoms with E-state index in [2.05, 4.69) is 17.9 Å². The topological polar surface area (TPSA) is 149 Å². The molecule has 1 aliphatic heterocycles. The molecule has 36 heavy (non-hydrogen) atoms. The van der Waals surface area contributed by atoms with Crippen molar-refractivity contribution in [2.24, 2.45) is 0 Å². The molecule has 2 heterocycles. The average molecular weight is 518 g/mol. The fourth-order valence-corrected chi connectivity index (χ4v) is 4.11. The lowest BCUT2D eigenvalue weighted by atomic mass is 10.0. The summed E-state index contributed by atoms with van der Waals surface area (Å²) in [6, 6.07) is 15.4. The van der Waals surface area contributed by atoms with E-state index in [1.54, 1.807) is 24.3 Å². The van der Waals surface area contributed by atoms with Crippen LogP contribution in [0.4, 0.5) is 0 Å². The minimum absolute atomic E-state index is 0.00259. The molecule has 1 fully saturated rings. The van der Waals surface area contributed by atoms with Gasteiger partial charge in [-0.2, -0.15) is 0 Å². The van der Waals surface area contributed by atoms with E-state index in [4.69, 9.17) is 36.4 Å². The smallest absolute Gasteiger partial charge is 0.335 e. The molecule has 0 saturated carbocycles. The number of nitrogens with zero attached hydrogens (tertiary/aromatic N) is 1. The van der Waals surface area contributed by atoms with Crippen molar-refractivity contribution < 1.29 is 39.2 Å². The first-order valence-electron chi connectivity index (χ1n) is 11.5. The molecule has 0 amide bonds. The summed E-state index contributed by atoms with van der Waals surface area (Å²) in [6.07, 6.45) is -1.05. The van der Waals surface area contributed by atoms with Gasteiger partial charge in [0.1, 0.15) is 11.3 Å². The third-order valence-electron chi connectivity index (χ3n) is 6.08. The zero-order valence-corrected chi connectivity index (χ0v) is 20.4. The quantitative estimate of drug-likeness (QED) is 0.330. The maximum Gasteiger partial charge on any atom is 0.335 e. The number of fused-ring (bicyclic) bond motifs is 1. The molecule has 0 unspecified atom stereocenters. The third kappa shape index (κ3) is 6.92. The number of aliphatic hydroxyl groups excluding tert-OH is 2. The molecule has 0 radical (unpaired) electrons. The molecule has 1 saturated heterocycles. The molecule has 0 spiro atoms. The number of hydrogen-bond acceptors (Lipinski definition) is 7. The van der Waals surface area contributed by atoms with Gasteiger partial charge in [-0.05, 0) is 74.8 Å². The van der Waals surface area contributed by atoms with Gasteiger partial charge in [0.2, 0.25) is 0 Å². The van der Waals surface area contributed by atoms with Crippen molar-refractivity contribution in [2.75, 3.05) is 13.1 Å². The van der Waals surface area contributed by atoms with Crippen LogP contribution in [-0.4, -0.2) is 74.4 Å². The van der Waals surface area contributed by atoms with Gasteiger partial charge in [0.25, 0.3) is 0 Å². The number of furan rings is 1. The zero-order valence-electron chi connectivity index (χ0n) is 19.6. The third-order valence-corrected chi connectivity index (χ3v) is 6.33. The molecule has 192 valence electrons. The van der Waals surface area contributed by atoms with Crippen LogP contribution in [0.5, 0.6) is 0 Å². The Morgan fingerprint density at radius 2 is 1.61 bits per heavy atom. The van der Waals surface area contributed by atoms with Crippen molar-refractivity contribution in [3.63, 3.8) is 0 Å². The summed E-state index contributed by atoms with van der Waals surface area (Å²) in [5.41, 5.74) is 2.14. The van der Waals surface area contributed by atoms with E-state index in [1.165, 1.54) is 19.4 Å². The van der Waals surface area contributed by atoms with Crippen molar-refractivity contribution in [1.82, 2.24) is 4.90 Å². The summed E-state index contributed by atoms with van der Waals surface area (Å²) in [6.45, 7) is 4.50. The van der Waals surface area contributed by atoms with Gasteiger partial charge in [0, 0.05) is 40.5 Å². The second-order valence-electron chi connectivity index (χ2n) is 8.64. The molecule has 3 aromatic rings. The number of hydrogen-bond donors (Lipinski definition) is 4. The molecule has 1 aliphatic rings. The van der Waals surface area contributed by atoms with Gasteiger partial charge in [-0.25, -0.2) is 9.59 Å². The summed E-state index contributed by atoms with van der Waals surface area (Å²) < 4.78 is 5.96. The van der Waals surface area contributed by atoms with Crippen LogP contribution in [0.25, 0.3) is 11.0 Å². The van der Waals surface area contributed by atoms with Crippen LogP contribution in [0.3, 0.4) is 0 Å². The largest absolute Gasteiger partial charge is 0.479 e. The van der Waals surface area contributed by atoms with E-state index in [1.807, 2.05) is 18.2 Å². The molecule has 3 atom stereocenters. The first-order valence-corrected chi connectivity index (χ1v) is 11.8. The number of benzene rings is 2. The lowest BCUT2D eigenvalue weighted by Crippen LogP contribution is -2.39. The highest BCUT2D eigenvalue weighted by molar-refractivity contribution is 6.30. The number of carbonyl (C=O) groups excluding carboxylic acids is 1. The number of carboxylic acids is 2. The molecule has 9 nitrogen and oxygen atoms in total. The minimum atomic E-state index is -2.27. The lowest BCUT2D eigenvalue weighted by Gasteiger charge is -2.19. The molecule has 1 aromatic heterocycles. The summed E-state index contributed by atoms with van der Waals surface area (Å²) in [4.78, 5) is 34.7. The lowest BCUT2D eigenvalue weighted by molar-refractivity contribution is -0.165. The number of halogens is 1. The van der Waals surface area contributed by atoms with Crippen LogP contribution in [0.2, 0.25) is 5.02 Å². The fourth-order valence-electron chi connectivity index (χ4n) is 3.98. The van der Waals surface area contributed by atoms with Crippen molar-refractivity contribution in [2.45, 2.75) is 44.4 Å². The number of rotatable bonds is 8. The highest BCUT2D eigenvalue weighted by Crippen LogP contribution is 2.24. The Bertz CT molecular complexity index is 1200. The predicted molar refractivity (Wildman–Crippen MR) is 132 cm³/mol. The van der Waals surface area contributed by atoms with Crippen LogP contribution in [0, 0.1) is 0 Å². The maximum absolute atomic E-state index is 12.7. The number of aliphatic carboxylic acids is 2. The Balaban J connectivity index is 0.000000308. The van der Waals surface area contributed by atoms with E-state index in [9.17, 15) is 14.4 Å². The van der Waals surface area contributed by atoms with Crippen LogP contribution in [-0.2, 0) is 16.0 Å². The van der Waals surface area contributed by atoms with Gasteiger partial charge >= 0.3 is 11.9 Å². The molecule has 0 bridgehead atoms. The highest BCUT2D eigenvalue weighted by Gasteiger charge is 2.29. The minimum Gasteiger partial charge on any atom is -0.479 e. The molecular weight excluding hydrogens is 490 g/mol. The van der Waals surface area contributed by atoms with E-state index in [-0.39, 0.29) is 5.78 Å². The number of carboxylic acid groups (broad SMARTS) is 2. The van der Waals surface area contributed by atoms with E-state index in [0.717, 1.165) is 29.7 Å². The zero-order chi connectivity index (χ0) is 26.4. The summed E-state index contributed by atoms with van der Waals surface area (Å²) in [5, 5.41) is 34.1. The second-order valence-corrected chi connectivity index (χ2v) is 9.08. The summed E-state index contributed by atoms with van der Waals surface area (Å²) >= 11 is 5.90. The normalized spacial score (nSPS) is 17.3. The molecule has 0 aliphatic carbocycles. The fraction of sp³-hybridized carbons (Fsp3) is 0.346. The van der Waals surface area contributed by atoms with Crippen LogP contribution >= 0.6 is 11.6 Å². The van der Waals surface area contributed by atoms with Crippen molar-refractivity contribution >= 4 is 40.3 Å². The van der Waals surface area contributed by atoms with Gasteiger partial charge < -0.3 is 29.7 Å². The Hall–Kier alpha value is -3.24. The second kappa shape index (κ2) is 12.1. The van der Waals surface area contributed by atoms with E-state index in [0.29, 0.717) is 22.2 Å². The van der Waals surface area contributed by atoms with Crippen molar-refractivity contribution in [1.29, 1.82) is 0 Å². The summed E-state index contributed by atoms with van der Waals surface area (Å²) in [7, 11) is 0. The Morgan fingerprint density at radius 3 is 2.17 bits per heavy atom. The Labute approximate surface area is 212 Å². The SMILES string of the molecule is C[C@@H]1CCCN1CCc1cc2cc(C(=O)c3ccc(Cl)cc3)ccc2o1.O=C(O)[C@H](O)[C@@H](O)C(=O)O. The molecule has 4 N–H and O–H groups in total. The summed E-state index contributed by atoms with van der Waals surface area (Å²) in [5.74, 6) is -2.56. The van der Waals surface area contributed by atoms with Crippen molar-refractivity contribution in [3.05, 3.63) is 70.4 Å². The van der Waals surface area contributed by atoms with Crippen LogP contribution in [0.1, 0.15) is 41.4 Å². The Morgan fingerprint density at radius 1 is 1.00 bits per heavy atom. The van der Waals surface area contributed by atoms with Crippen LogP contribution in [0.15, 0.2) is 52.9 Å². The number of likely N-dealkylation sites (tertiary alicyclic amines) is 1. The van der Waals surface area contributed by atoms with Crippen molar-refractivity contribution in [3.8, 4) is 0 Å². The predicted octanol–water partition coefficient (Wildman–Crippen LogP) is 3.22. The molecular formula is C26H28ClNO8. The van der Waals surface area contributed by atoms with E-state index >= 15 is 0 Å². The molecule has 4 rings (SSSR count). The number of ketones is 1. The molecule has 2 aromatic carbocycles.